The number of rotatable bonds is 7. The van der Waals surface area contributed by atoms with Gasteiger partial charge in [0.1, 0.15) is 16.6 Å². The Kier molecular flexibility index (Phi) is 6.28. The van der Waals surface area contributed by atoms with Crippen LogP contribution >= 0.6 is 11.3 Å². The van der Waals surface area contributed by atoms with E-state index < -0.39 is 5.91 Å². The topological polar surface area (TPSA) is 93.2 Å². The van der Waals surface area contributed by atoms with Crippen LogP contribution in [-0.2, 0) is 6.54 Å². The number of ether oxygens (including phenoxy) is 1. The molecule has 28 heavy (non-hydrogen) atoms. The molecule has 1 heterocycles. The van der Waals surface area contributed by atoms with Crippen molar-refractivity contribution in [1.82, 2.24) is 15.5 Å². The fraction of sp³-hybridized carbons (Fsp3) is 0.158. The van der Waals surface area contributed by atoms with Crippen molar-refractivity contribution in [3.8, 4) is 5.75 Å². The minimum Gasteiger partial charge on any atom is -0.494 e. The van der Waals surface area contributed by atoms with E-state index in [9.17, 15) is 14.0 Å². The van der Waals surface area contributed by atoms with Gasteiger partial charge in [0, 0.05) is 11.3 Å². The maximum Gasteiger partial charge on any atom is 0.286 e. The standard InChI is InChI=1S/C19H17FN4O3S/c1-2-27-15-9-3-12(4-10-15)17(25)21-11-16-23-24-19(28-16)18(26)22-14-7-5-13(20)6-8-14/h3-10H,2,11H2,1H3,(H,21,25)(H,22,26). The number of nitrogens with zero attached hydrogens (tertiary/aromatic N) is 2. The second-order valence-electron chi connectivity index (χ2n) is 5.60. The molecule has 0 bridgehead atoms. The van der Waals surface area contributed by atoms with Gasteiger partial charge in [-0.15, -0.1) is 10.2 Å². The predicted octanol–water partition coefficient (Wildman–Crippen LogP) is 3.26. The molecule has 1 aromatic heterocycles. The molecule has 0 fully saturated rings. The van der Waals surface area contributed by atoms with Gasteiger partial charge in [-0.05, 0) is 55.5 Å². The Morgan fingerprint density at radius 3 is 2.43 bits per heavy atom. The van der Waals surface area contributed by atoms with Crippen molar-refractivity contribution in [2.75, 3.05) is 11.9 Å². The number of halogens is 1. The van der Waals surface area contributed by atoms with Crippen LogP contribution in [0, 0.1) is 5.82 Å². The predicted molar refractivity (Wildman–Crippen MR) is 103 cm³/mol. The second kappa shape index (κ2) is 9.05. The second-order valence-corrected chi connectivity index (χ2v) is 6.66. The Bertz CT molecular complexity index is 958. The van der Waals surface area contributed by atoms with Crippen LogP contribution in [-0.4, -0.2) is 28.6 Å². The number of benzene rings is 2. The number of carbonyl (C=O) groups excluding carboxylic acids is 2. The highest BCUT2D eigenvalue weighted by atomic mass is 32.1. The van der Waals surface area contributed by atoms with E-state index in [-0.39, 0.29) is 23.3 Å². The third kappa shape index (κ3) is 5.10. The normalized spacial score (nSPS) is 10.4. The Hall–Kier alpha value is -3.33. The van der Waals surface area contributed by atoms with Gasteiger partial charge < -0.3 is 15.4 Å². The van der Waals surface area contributed by atoms with Crippen LogP contribution in [0.15, 0.2) is 48.5 Å². The van der Waals surface area contributed by atoms with Crippen LogP contribution in [0.25, 0.3) is 0 Å². The van der Waals surface area contributed by atoms with Crippen molar-refractivity contribution < 1.29 is 18.7 Å². The molecule has 0 unspecified atom stereocenters. The molecule has 3 aromatic rings. The molecule has 0 atom stereocenters. The summed E-state index contributed by atoms with van der Waals surface area (Å²) in [7, 11) is 0. The van der Waals surface area contributed by atoms with Crippen molar-refractivity contribution >= 4 is 28.8 Å². The first-order valence-electron chi connectivity index (χ1n) is 8.45. The summed E-state index contributed by atoms with van der Waals surface area (Å²) in [6, 6.07) is 12.2. The summed E-state index contributed by atoms with van der Waals surface area (Å²) in [6.45, 7) is 2.59. The van der Waals surface area contributed by atoms with Crippen LogP contribution in [0.2, 0.25) is 0 Å². The molecule has 2 N–H and O–H groups in total. The van der Waals surface area contributed by atoms with E-state index in [1.165, 1.54) is 24.3 Å². The summed E-state index contributed by atoms with van der Waals surface area (Å²) < 4.78 is 18.2. The first-order valence-corrected chi connectivity index (χ1v) is 9.27. The molecular formula is C19H17FN4O3S. The van der Waals surface area contributed by atoms with Gasteiger partial charge in [0.2, 0.25) is 5.01 Å². The van der Waals surface area contributed by atoms with E-state index in [0.717, 1.165) is 11.3 Å². The van der Waals surface area contributed by atoms with Gasteiger partial charge in [-0.2, -0.15) is 0 Å². The number of hydrogen-bond acceptors (Lipinski definition) is 6. The maximum atomic E-state index is 12.9. The summed E-state index contributed by atoms with van der Waals surface area (Å²) in [5.41, 5.74) is 0.939. The van der Waals surface area contributed by atoms with Crippen molar-refractivity contribution in [2.45, 2.75) is 13.5 Å². The summed E-state index contributed by atoms with van der Waals surface area (Å²) in [4.78, 5) is 24.4. The van der Waals surface area contributed by atoms with Crippen LogP contribution in [0.5, 0.6) is 5.75 Å². The van der Waals surface area contributed by atoms with E-state index in [4.69, 9.17) is 4.74 Å². The maximum absolute atomic E-state index is 12.9. The lowest BCUT2D eigenvalue weighted by molar-refractivity contribution is 0.0949. The summed E-state index contributed by atoms with van der Waals surface area (Å²) in [5, 5.41) is 13.7. The van der Waals surface area contributed by atoms with Crippen LogP contribution < -0.4 is 15.4 Å². The minimum atomic E-state index is -0.451. The molecule has 7 nitrogen and oxygen atoms in total. The highest BCUT2D eigenvalue weighted by molar-refractivity contribution is 7.13. The zero-order chi connectivity index (χ0) is 19.9. The zero-order valence-electron chi connectivity index (χ0n) is 14.9. The van der Waals surface area contributed by atoms with Crippen LogP contribution in [0.4, 0.5) is 10.1 Å². The Morgan fingerprint density at radius 2 is 1.75 bits per heavy atom. The van der Waals surface area contributed by atoms with E-state index in [1.807, 2.05) is 6.92 Å². The van der Waals surface area contributed by atoms with Crippen molar-refractivity contribution in [1.29, 1.82) is 0 Å². The number of aromatic nitrogens is 2. The molecule has 0 spiro atoms. The number of anilines is 1. The number of nitrogens with one attached hydrogen (secondary N) is 2. The van der Waals surface area contributed by atoms with Gasteiger partial charge in [0.05, 0.1) is 13.2 Å². The fourth-order valence-electron chi connectivity index (χ4n) is 2.26. The molecule has 0 aliphatic heterocycles. The summed E-state index contributed by atoms with van der Waals surface area (Å²) in [6.07, 6.45) is 0. The smallest absolute Gasteiger partial charge is 0.286 e. The average molecular weight is 400 g/mol. The van der Waals surface area contributed by atoms with Crippen molar-refractivity contribution in [3.05, 3.63) is 69.9 Å². The lowest BCUT2D eigenvalue weighted by Crippen LogP contribution is -2.22. The SMILES string of the molecule is CCOc1ccc(C(=O)NCc2nnc(C(=O)Nc3ccc(F)cc3)s2)cc1. The first-order chi connectivity index (χ1) is 13.5. The van der Waals surface area contributed by atoms with Gasteiger partial charge >= 0.3 is 0 Å². The largest absolute Gasteiger partial charge is 0.494 e. The van der Waals surface area contributed by atoms with E-state index >= 15 is 0 Å². The first kappa shape index (κ1) is 19.4. The van der Waals surface area contributed by atoms with Gasteiger partial charge in [0.15, 0.2) is 0 Å². The van der Waals surface area contributed by atoms with Crippen LogP contribution in [0.1, 0.15) is 32.1 Å². The molecule has 0 aliphatic carbocycles. The Morgan fingerprint density at radius 1 is 1.04 bits per heavy atom. The quantitative estimate of drug-likeness (QED) is 0.635. The number of hydrogen-bond donors (Lipinski definition) is 2. The summed E-state index contributed by atoms with van der Waals surface area (Å²) >= 11 is 1.07. The van der Waals surface area contributed by atoms with E-state index in [0.29, 0.717) is 28.6 Å². The molecule has 0 aliphatic rings. The molecule has 2 aromatic carbocycles. The van der Waals surface area contributed by atoms with E-state index in [1.54, 1.807) is 24.3 Å². The van der Waals surface area contributed by atoms with Gasteiger partial charge in [-0.3, -0.25) is 9.59 Å². The lowest BCUT2D eigenvalue weighted by atomic mass is 10.2. The van der Waals surface area contributed by atoms with Gasteiger partial charge in [-0.25, -0.2) is 4.39 Å². The highest BCUT2D eigenvalue weighted by Crippen LogP contribution is 2.15. The zero-order valence-corrected chi connectivity index (χ0v) is 15.8. The van der Waals surface area contributed by atoms with Gasteiger partial charge in [0.25, 0.3) is 11.8 Å². The highest BCUT2D eigenvalue weighted by Gasteiger charge is 2.14. The molecule has 0 saturated heterocycles. The molecule has 144 valence electrons. The van der Waals surface area contributed by atoms with E-state index in [2.05, 4.69) is 20.8 Å². The minimum absolute atomic E-state index is 0.146. The molecule has 3 rings (SSSR count). The van der Waals surface area contributed by atoms with Crippen molar-refractivity contribution in [3.63, 3.8) is 0 Å². The molecule has 2 amide bonds. The lowest BCUT2D eigenvalue weighted by Gasteiger charge is -2.05. The number of amides is 2. The Balaban J connectivity index is 1.54. The number of carbonyl (C=O) groups is 2. The third-order valence-corrected chi connectivity index (χ3v) is 4.51. The molecule has 0 saturated carbocycles. The third-order valence-electron chi connectivity index (χ3n) is 3.59. The van der Waals surface area contributed by atoms with Crippen LogP contribution in [0.3, 0.4) is 0 Å². The monoisotopic (exact) mass is 400 g/mol. The van der Waals surface area contributed by atoms with Gasteiger partial charge in [-0.1, -0.05) is 11.3 Å². The molecule has 9 heteroatoms. The average Bonchev–Trinajstić information content (AvgIpc) is 3.18. The fourth-order valence-corrected chi connectivity index (χ4v) is 2.94. The Labute approximate surface area is 164 Å². The molecule has 0 radical (unpaired) electrons. The summed E-state index contributed by atoms with van der Waals surface area (Å²) in [5.74, 6) is -0.414. The van der Waals surface area contributed by atoms with Crippen molar-refractivity contribution in [2.24, 2.45) is 0 Å². The molecular weight excluding hydrogens is 383 g/mol.